The van der Waals surface area contributed by atoms with E-state index >= 15 is 0 Å². The molecule has 0 unspecified atom stereocenters. The molecule has 0 radical (unpaired) electrons. The first-order valence-electron chi connectivity index (χ1n) is 6.65. The number of methoxy groups -OCH3 is 2. The normalized spacial score (nSPS) is 12.0. The van der Waals surface area contributed by atoms with Crippen molar-refractivity contribution in [2.45, 2.75) is 26.6 Å². The number of ether oxygens (including phenoxy) is 3. The minimum atomic E-state index is -1.70. The summed E-state index contributed by atoms with van der Waals surface area (Å²) in [6.45, 7) is 8.87. The molecule has 0 heterocycles. The van der Waals surface area contributed by atoms with Gasteiger partial charge in [-0.25, -0.2) is 0 Å². The van der Waals surface area contributed by atoms with E-state index in [-0.39, 0.29) is 0 Å². The maximum atomic E-state index is 5.92. The first-order chi connectivity index (χ1) is 9.39. The molecule has 0 aromatic heterocycles. The minimum absolute atomic E-state index is 0.555. The molecule has 1 aromatic rings. The molecule has 0 saturated heterocycles. The van der Waals surface area contributed by atoms with E-state index in [1.807, 2.05) is 31.2 Å². The Bertz CT molecular complexity index is 463. The fourth-order valence-electron chi connectivity index (χ4n) is 1.62. The van der Waals surface area contributed by atoms with Crippen LogP contribution in [-0.2, 0) is 9.16 Å². The van der Waals surface area contributed by atoms with Crippen molar-refractivity contribution in [2.75, 3.05) is 20.8 Å². The first kappa shape index (κ1) is 16.4. The van der Waals surface area contributed by atoms with Crippen molar-refractivity contribution < 1.29 is 18.6 Å². The summed E-state index contributed by atoms with van der Waals surface area (Å²) in [5.74, 6) is 1.94. The van der Waals surface area contributed by atoms with Gasteiger partial charge in [-0.05, 0) is 44.3 Å². The molecule has 0 amide bonds. The second-order valence-electron chi connectivity index (χ2n) is 5.23. The lowest BCUT2D eigenvalue weighted by Crippen LogP contribution is -2.25. The summed E-state index contributed by atoms with van der Waals surface area (Å²) in [4.78, 5) is 0. The Morgan fingerprint density at radius 1 is 1.10 bits per heavy atom. The van der Waals surface area contributed by atoms with Gasteiger partial charge in [-0.3, -0.25) is 0 Å². The second kappa shape index (κ2) is 7.24. The molecule has 0 bridgehead atoms. The van der Waals surface area contributed by atoms with E-state index in [1.165, 1.54) is 0 Å². The predicted molar refractivity (Wildman–Crippen MR) is 83.6 cm³/mol. The highest BCUT2D eigenvalue weighted by atomic mass is 28.4. The van der Waals surface area contributed by atoms with Crippen molar-refractivity contribution in [3.8, 4) is 11.5 Å². The molecule has 5 heteroatoms. The summed E-state index contributed by atoms with van der Waals surface area (Å²) in [6.07, 6.45) is 1.88. The monoisotopic (exact) mass is 296 g/mol. The Kier molecular flexibility index (Phi) is 5.95. The third-order valence-electron chi connectivity index (χ3n) is 2.39. The zero-order chi connectivity index (χ0) is 15.2. The van der Waals surface area contributed by atoms with Crippen molar-refractivity contribution in [3.63, 3.8) is 0 Å². The van der Waals surface area contributed by atoms with Crippen molar-refractivity contribution >= 4 is 14.4 Å². The number of hydrogen-bond donors (Lipinski definition) is 0. The molecule has 0 atom stereocenters. The Morgan fingerprint density at radius 2 is 1.75 bits per heavy atom. The molecular formula is C15H24O4Si. The molecule has 0 N–H and O–H groups in total. The summed E-state index contributed by atoms with van der Waals surface area (Å²) in [6, 6.07) is 5.70. The van der Waals surface area contributed by atoms with Crippen LogP contribution in [0.1, 0.15) is 12.5 Å². The SMILES string of the molecule is CCO/C(=C\c1ccc(OC)c(OC)c1)O[Si](C)(C)C. The summed E-state index contributed by atoms with van der Waals surface area (Å²) in [7, 11) is 1.54. The molecular weight excluding hydrogens is 272 g/mol. The third kappa shape index (κ3) is 5.17. The van der Waals surface area contributed by atoms with Crippen LogP contribution in [0.25, 0.3) is 6.08 Å². The van der Waals surface area contributed by atoms with Crippen LogP contribution in [0.5, 0.6) is 11.5 Å². The van der Waals surface area contributed by atoms with E-state index in [1.54, 1.807) is 14.2 Å². The van der Waals surface area contributed by atoms with Gasteiger partial charge in [0.05, 0.1) is 20.8 Å². The lowest BCUT2D eigenvalue weighted by atomic mass is 10.2. The summed E-state index contributed by atoms with van der Waals surface area (Å²) in [5.41, 5.74) is 0.948. The quantitative estimate of drug-likeness (QED) is 0.565. The molecule has 0 aliphatic rings. The van der Waals surface area contributed by atoms with Crippen LogP contribution in [0.2, 0.25) is 19.6 Å². The summed E-state index contributed by atoms with van der Waals surface area (Å²) < 4.78 is 22.0. The zero-order valence-corrected chi connectivity index (χ0v) is 14.1. The van der Waals surface area contributed by atoms with Crippen LogP contribution in [0.4, 0.5) is 0 Å². The van der Waals surface area contributed by atoms with Gasteiger partial charge in [0, 0.05) is 6.08 Å². The predicted octanol–water partition coefficient (Wildman–Crippen LogP) is 3.89. The van der Waals surface area contributed by atoms with Gasteiger partial charge in [-0.15, -0.1) is 0 Å². The highest BCUT2D eigenvalue weighted by Gasteiger charge is 2.18. The van der Waals surface area contributed by atoms with Gasteiger partial charge in [0.2, 0.25) is 8.32 Å². The lowest BCUT2D eigenvalue weighted by molar-refractivity contribution is 0.117. The molecule has 0 spiro atoms. The zero-order valence-electron chi connectivity index (χ0n) is 13.1. The molecule has 4 nitrogen and oxygen atoms in total. The Balaban J connectivity index is 3.04. The number of benzene rings is 1. The van der Waals surface area contributed by atoms with Crippen LogP contribution >= 0.6 is 0 Å². The highest BCUT2D eigenvalue weighted by molar-refractivity contribution is 6.70. The van der Waals surface area contributed by atoms with Crippen LogP contribution in [-0.4, -0.2) is 29.1 Å². The van der Waals surface area contributed by atoms with Gasteiger partial charge >= 0.3 is 0 Å². The Hall–Kier alpha value is -1.62. The molecule has 0 fully saturated rings. The number of rotatable bonds is 7. The molecule has 1 rings (SSSR count). The number of hydrogen-bond acceptors (Lipinski definition) is 4. The maximum Gasteiger partial charge on any atom is 0.265 e. The largest absolute Gasteiger partial charge is 0.520 e. The molecule has 0 aliphatic carbocycles. The fraction of sp³-hybridized carbons (Fsp3) is 0.467. The summed E-state index contributed by atoms with van der Waals surface area (Å²) >= 11 is 0. The third-order valence-corrected chi connectivity index (χ3v) is 3.20. The Labute approximate surface area is 122 Å². The average Bonchev–Trinajstić information content (AvgIpc) is 2.37. The van der Waals surface area contributed by atoms with Crippen molar-refractivity contribution in [1.29, 1.82) is 0 Å². The molecule has 0 saturated carbocycles. The molecule has 1 aromatic carbocycles. The van der Waals surface area contributed by atoms with Gasteiger partial charge in [-0.1, -0.05) is 6.07 Å². The molecule has 0 aliphatic heterocycles. The summed E-state index contributed by atoms with van der Waals surface area (Å²) in [5, 5.41) is 0. The van der Waals surface area contributed by atoms with Gasteiger partial charge < -0.3 is 18.6 Å². The van der Waals surface area contributed by atoms with E-state index in [9.17, 15) is 0 Å². The fourth-order valence-corrected chi connectivity index (χ4v) is 2.34. The first-order valence-corrected chi connectivity index (χ1v) is 10.1. The minimum Gasteiger partial charge on any atom is -0.520 e. The van der Waals surface area contributed by atoms with Crippen LogP contribution in [0, 0.1) is 0 Å². The average molecular weight is 296 g/mol. The molecule has 112 valence electrons. The second-order valence-corrected chi connectivity index (χ2v) is 9.65. The standard InChI is InChI=1S/C15H24O4Si/c1-7-18-15(19-20(4,5)6)11-12-8-9-13(16-2)14(10-12)17-3/h8-11H,7H2,1-6H3/b15-11+. The molecule has 20 heavy (non-hydrogen) atoms. The topological polar surface area (TPSA) is 36.9 Å². The van der Waals surface area contributed by atoms with E-state index in [2.05, 4.69) is 19.6 Å². The smallest absolute Gasteiger partial charge is 0.265 e. The van der Waals surface area contributed by atoms with Gasteiger partial charge in [0.1, 0.15) is 0 Å². The van der Waals surface area contributed by atoms with E-state index in [4.69, 9.17) is 18.6 Å². The van der Waals surface area contributed by atoms with Gasteiger partial charge in [0.25, 0.3) is 5.95 Å². The van der Waals surface area contributed by atoms with Crippen molar-refractivity contribution in [3.05, 3.63) is 29.7 Å². The van der Waals surface area contributed by atoms with Gasteiger partial charge in [0.15, 0.2) is 11.5 Å². The van der Waals surface area contributed by atoms with Crippen LogP contribution < -0.4 is 9.47 Å². The lowest BCUT2D eigenvalue weighted by Gasteiger charge is -2.21. The maximum absolute atomic E-state index is 5.92. The van der Waals surface area contributed by atoms with E-state index in [0.29, 0.717) is 24.1 Å². The van der Waals surface area contributed by atoms with E-state index < -0.39 is 8.32 Å². The van der Waals surface area contributed by atoms with Crippen LogP contribution in [0.15, 0.2) is 24.1 Å². The Morgan fingerprint density at radius 3 is 2.25 bits per heavy atom. The van der Waals surface area contributed by atoms with Crippen molar-refractivity contribution in [1.82, 2.24) is 0 Å². The van der Waals surface area contributed by atoms with Crippen molar-refractivity contribution in [2.24, 2.45) is 0 Å². The van der Waals surface area contributed by atoms with Crippen LogP contribution in [0.3, 0.4) is 0 Å². The van der Waals surface area contributed by atoms with Gasteiger partial charge in [-0.2, -0.15) is 0 Å². The van der Waals surface area contributed by atoms with E-state index in [0.717, 1.165) is 5.56 Å². The highest BCUT2D eigenvalue weighted by Crippen LogP contribution is 2.28.